The second-order valence-corrected chi connectivity index (χ2v) is 17.3. The lowest BCUT2D eigenvalue weighted by Crippen LogP contribution is -2.25. The van der Waals surface area contributed by atoms with E-state index in [1.807, 2.05) is 0 Å². The predicted octanol–water partition coefficient (Wildman–Crippen LogP) is 11.9. The van der Waals surface area contributed by atoms with E-state index in [2.05, 4.69) is 139 Å². The number of hydrogen-bond acceptors (Lipinski definition) is 4. The van der Waals surface area contributed by atoms with E-state index in [9.17, 15) is 0 Å². The molecule has 196 valence electrons. The third kappa shape index (κ3) is 3.41. The fourth-order valence-electron chi connectivity index (χ4n) is 6.10. The smallest absolute Gasteiger partial charge is 0.0759 e. The van der Waals surface area contributed by atoms with Crippen LogP contribution in [0.25, 0.3) is 19.5 Å². The van der Waals surface area contributed by atoms with Gasteiger partial charge in [-0.1, -0.05) is 69.2 Å². The zero-order valence-electron chi connectivity index (χ0n) is 24.0. The first-order valence-corrected chi connectivity index (χ1v) is 17.2. The molecule has 37 heavy (non-hydrogen) atoms. The molecule has 0 N–H and O–H groups in total. The van der Waals surface area contributed by atoms with Crippen LogP contribution in [-0.4, -0.2) is 0 Å². The molecule has 2 aliphatic carbocycles. The molecule has 0 saturated heterocycles. The molecule has 0 aromatic carbocycles. The predicted molar refractivity (Wildman–Crippen MR) is 169 cm³/mol. The van der Waals surface area contributed by atoms with Gasteiger partial charge in [0, 0.05) is 44.4 Å². The Hall–Kier alpha value is -1.20. The van der Waals surface area contributed by atoms with Gasteiger partial charge in [-0.15, -0.1) is 45.3 Å². The van der Waals surface area contributed by atoms with Crippen molar-refractivity contribution in [2.24, 2.45) is 0 Å². The molecule has 4 heterocycles. The van der Waals surface area contributed by atoms with Crippen molar-refractivity contribution in [2.45, 2.75) is 110 Å². The first-order valence-electron chi connectivity index (χ1n) is 14.0. The molecular weight excluding hydrogens is 525 g/mol. The Morgan fingerprint density at radius 3 is 1.38 bits per heavy atom. The zero-order chi connectivity index (χ0) is 26.7. The lowest BCUT2D eigenvalue weighted by molar-refractivity contribution is 0.447. The van der Waals surface area contributed by atoms with E-state index in [1.165, 1.54) is 37.2 Å². The summed E-state index contributed by atoms with van der Waals surface area (Å²) in [5.74, 6) is 1.10. The topological polar surface area (TPSA) is 0 Å². The molecule has 0 fully saturated rings. The second kappa shape index (κ2) is 8.40. The first kappa shape index (κ1) is 26.0. The van der Waals surface area contributed by atoms with Gasteiger partial charge in [-0.3, -0.25) is 0 Å². The third-order valence-corrected chi connectivity index (χ3v) is 15.2. The van der Waals surface area contributed by atoms with E-state index in [1.54, 1.807) is 36.9 Å². The minimum absolute atomic E-state index is 0.152. The molecule has 1 unspecified atom stereocenters. The quantitative estimate of drug-likeness (QED) is 0.195. The van der Waals surface area contributed by atoms with E-state index >= 15 is 0 Å². The van der Waals surface area contributed by atoms with Crippen LogP contribution in [0.3, 0.4) is 0 Å². The maximum Gasteiger partial charge on any atom is 0.0759 e. The van der Waals surface area contributed by atoms with Gasteiger partial charge < -0.3 is 0 Å². The Kier molecular flexibility index (Phi) is 5.91. The number of thiophene rings is 4. The average Bonchev–Trinajstić information content (AvgIpc) is 3.63. The largest absolute Gasteiger partial charge is 0.139 e. The van der Waals surface area contributed by atoms with Crippen molar-refractivity contribution in [3.05, 3.63) is 66.0 Å². The van der Waals surface area contributed by atoms with Crippen molar-refractivity contribution >= 4 is 45.3 Å². The SMILES string of the molecule is CCC(C)(CC)c1cc2c(s1)-c1sc(C(C)C)cc1C21c2cc(C(C)C)sc2-c2sc(C(C)(C)C)cc21. The van der Waals surface area contributed by atoms with Crippen LogP contribution in [0.2, 0.25) is 0 Å². The van der Waals surface area contributed by atoms with Crippen LogP contribution in [0.5, 0.6) is 0 Å². The number of rotatable bonds is 5. The molecule has 1 spiro atoms. The van der Waals surface area contributed by atoms with Gasteiger partial charge in [0.2, 0.25) is 0 Å². The summed E-state index contributed by atoms with van der Waals surface area (Å²) in [6.07, 6.45) is 2.37. The van der Waals surface area contributed by atoms with Gasteiger partial charge in [-0.2, -0.15) is 0 Å². The molecule has 1 atom stereocenters. The Morgan fingerprint density at radius 2 is 0.973 bits per heavy atom. The molecule has 0 amide bonds. The number of fused-ring (bicyclic) bond motifs is 10. The Morgan fingerprint density at radius 1 is 0.595 bits per heavy atom. The molecule has 4 aromatic rings. The monoisotopic (exact) mass is 564 g/mol. The summed E-state index contributed by atoms with van der Waals surface area (Å²) in [4.78, 5) is 12.3. The van der Waals surface area contributed by atoms with E-state index in [4.69, 9.17) is 0 Å². The van der Waals surface area contributed by atoms with Crippen molar-refractivity contribution in [1.29, 1.82) is 0 Å². The Labute approximate surface area is 239 Å². The highest BCUT2D eigenvalue weighted by molar-refractivity contribution is 7.24. The lowest BCUT2D eigenvalue weighted by Gasteiger charge is -2.29. The maximum atomic E-state index is 2.65. The van der Waals surface area contributed by atoms with Crippen LogP contribution >= 0.6 is 45.3 Å². The van der Waals surface area contributed by atoms with E-state index in [0.717, 1.165) is 0 Å². The van der Waals surface area contributed by atoms with Crippen LogP contribution in [0, 0.1) is 0 Å². The van der Waals surface area contributed by atoms with Crippen LogP contribution in [-0.2, 0) is 16.2 Å². The average molecular weight is 565 g/mol. The van der Waals surface area contributed by atoms with Crippen molar-refractivity contribution < 1.29 is 0 Å². The summed E-state index contributed by atoms with van der Waals surface area (Å²) in [6, 6.07) is 10.4. The summed E-state index contributed by atoms with van der Waals surface area (Å²) < 4.78 is 0. The van der Waals surface area contributed by atoms with E-state index in [-0.39, 0.29) is 16.2 Å². The summed E-state index contributed by atoms with van der Waals surface area (Å²) in [5, 5.41) is 0. The van der Waals surface area contributed by atoms with Crippen molar-refractivity contribution in [3.8, 4) is 19.5 Å². The molecule has 0 aliphatic heterocycles. The minimum Gasteiger partial charge on any atom is -0.139 e. The van der Waals surface area contributed by atoms with Crippen LogP contribution in [0.15, 0.2) is 24.3 Å². The summed E-state index contributed by atoms with van der Waals surface area (Å²) in [6.45, 7) is 23.8. The van der Waals surface area contributed by atoms with Crippen molar-refractivity contribution in [3.63, 3.8) is 0 Å². The molecule has 0 nitrogen and oxygen atoms in total. The van der Waals surface area contributed by atoms with Gasteiger partial charge >= 0.3 is 0 Å². The highest BCUT2D eigenvalue weighted by Gasteiger charge is 2.56. The van der Waals surface area contributed by atoms with Gasteiger partial charge in [-0.05, 0) is 76.6 Å². The highest BCUT2D eigenvalue weighted by atomic mass is 32.1. The van der Waals surface area contributed by atoms with E-state index in [0.29, 0.717) is 11.8 Å². The van der Waals surface area contributed by atoms with Gasteiger partial charge in [0.15, 0.2) is 0 Å². The summed E-state index contributed by atoms with van der Waals surface area (Å²) in [5.41, 5.74) is 6.50. The fourth-order valence-corrected chi connectivity index (χ4v) is 11.6. The normalized spacial score (nSPS) is 18.3. The third-order valence-electron chi connectivity index (χ3n) is 9.03. The minimum atomic E-state index is -0.153. The highest BCUT2D eigenvalue weighted by Crippen LogP contribution is 2.69. The number of hydrogen-bond donors (Lipinski definition) is 0. The Balaban J connectivity index is 1.74. The first-order chi connectivity index (χ1) is 17.4. The molecule has 2 aliphatic rings. The van der Waals surface area contributed by atoms with Gasteiger partial charge in [0.05, 0.1) is 5.41 Å². The molecule has 0 bridgehead atoms. The van der Waals surface area contributed by atoms with Gasteiger partial charge in [-0.25, -0.2) is 0 Å². The van der Waals surface area contributed by atoms with Gasteiger partial charge in [0.1, 0.15) is 0 Å². The standard InChI is InChI=1S/C33H40S4/c1-11-32(10,12-2)26-16-22-30(37-26)28-20(14-24(35-28)18(5)6)33(22)19-13-23(17(3)4)34-27(19)29-21(33)15-25(36-29)31(7,8)9/h13-18H,11-12H2,1-10H3. The molecule has 4 heteroatoms. The van der Waals surface area contributed by atoms with Gasteiger partial charge in [0.25, 0.3) is 0 Å². The van der Waals surface area contributed by atoms with Crippen LogP contribution in [0.4, 0.5) is 0 Å². The fraction of sp³-hybridized carbons (Fsp3) is 0.515. The molecule has 6 rings (SSSR count). The maximum absolute atomic E-state index is 2.65. The Bertz CT molecular complexity index is 1500. The molecule has 0 saturated carbocycles. The van der Waals surface area contributed by atoms with E-state index < -0.39 is 0 Å². The van der Waals surface area contributed by atoms with Crippen molar-refractivity contribution in [2.75, 3.05) is 0 Å². The zero-order valence-corrected chi connectivity index (χ0v) is 27.3. The van der Waals surface area contributed by atoms with Crippen LogP contribution < -0.4 is 0 Å². The molecular formula is C33H40S4. The lowest BCUT2D eigenvalue weighted by atomic mass is 9.71. The summed E-state index contributed by atoms with van der Waals surface area (Å²) >= 11 is 8.28. The second-order valence-electron chi connectivity index (χ2n) is 13.1. The molecule has 0 radical (unpaired) electrons. The van der Waals surface area contributed by atoms with Crippen molar-refractivity contribution in [1.82, 2.24) is 0 Å². The summed E-state index contributed by atoms with van der Waals surface area (Å²) in [7, 11) is 0. The molecule has 4 aromatic heterocycles. The van der Waals surface area contributed by atoms with Crippen LogP contribution in [0.1, 0.15) is 136 Å².